The number of hydrogen-bond acceptors (Lipinski definition) is 2. The van der Waals surface area contributed by atoms with E-state index in [1.807, 2.05) is 24.3 Å². The minimum absolute atomic E-state index is 0.487. The molecular formula is C19H25NO. The monoisotopic (exact) mass is 283 g/mol. The van der Waals surface area contributed by atoms with E-state index in [0.29, 0.717) is 12.5 Å². The molecule has 2 N–H and O–H groups in total. The molecule has 2 aromatic carbocycles. The first-order valence-corrected chi connectivity index (χ1v) is 7.62. The van der Waals surface area contributed by atoms with Crippen LogP contribution < -0.4 is 5.32 Å². The molecule has 0 saturated carbocycles. The molecule has 0 aliphatic rings. The van der Waals surface area contributed by atoms with Crippen molar-refractivity contribution in [3.8, 4) is 0 Å². The molecule has 2 rings (SSSR count). The van der Waals surface area contributed by atoms with Crippen molar-refractivity contribution in [3.63, 3.8) is 0 Å². The van der Waals surface area contributed by atoms with Crippen molar-refractivity contribution >= 4 is 5.69 Å². The van der Waals surface area contributed by atoms with Crippen LogP contribution in [0.25, 0.3) is 0 Å². The van der Waals surface area contributed by atoms with E-state index >= 15 is 0 Å². The summed E-state index contributed by atoms with van der Waals surface area (Å²) in [7, 11) is 0. The van der Waals surface area contributed by atoms with Gasteiger partial charge in [0.1, 0.15) is 0 Å². The smallest absolute Gasteiger partial charge is 0.0962 e. The Bertz CT molecular complexity index is 560. The Hall–Kier alpha value is -1.80. The molecule has 1 atom stereocenters. The fourth-order valence-corrected chi connectivity index (χ4v) is 2.43. The number of anilines is 1. The maximum Gasteiger partial charge on any atom is 0.0962 e. The van der Waals surface area contributed by atoms with Crippen LogP contribution in [0.4, 0.5) is 5.69 Å². The maximum absolute atomic E-state index is 10.3. The van der Waals surface area contributed by atoms with E-state index in [2.05, 4.69) is 50.4 Å². The zero-order valence-corrected chi connectivity index (χ0v) is 13.1. The summed E-state index contributed by atoms with van der Waals surface area (Å²) in [6, 6.07) is 16.5. The molecule has 2 nitrogen and oxygen atoms in total. The van der Waals surface area contributed by atoms with Gasteiger partial charge < -0.3 is 10.4 Å². The molecule has 0 saturated heterocycles. The molecule has 0 aliphatic carbocycles. The first-order chi connectivity index (χ1) is 10.0. The molecular weight excluding hydrogens is 258 g/mol. The lowest BCUT2D eigenvalue weighted by atomic mass is 10.0. The normalized spacial score (nSPS) is 12.4. The van der Waals surface area contributed by atoms with Gasteiger partial charge in [-0.3, -0.25) is 0 Å². The van der Waals surface area contributed by atoms with Crippen LogP contribution >= 0.6 is 0 Å². The molecule has 2 aromatic rings. The van der Waals surface area contributed by atoms with Crippen molar-refractivity contribution in [2.45, 2.75) is 33.3 Å². The van der Waals surface area contributed by atoms with Crippen LogP contribution in [0.3, 0.4) is 0 Å². The Labute approximate surface area is 127 Å². The summed E-state index contributed by atoms with van der Waals surface area (Å²) in [5, 5.41) is 13.5. The van der Waals surface area contributed by atoms with E-state index in [1.165, 1.54) is 11.1 Å². The summed E-state index contributed by atoms with van der Waals surface area (Å²) >= 11 is 0. The highest BCUT2D eigenvalue weighted by atomic mass is 16.3. The third-order valence-electron chi connectivity index (χ3n) is 3.53. The number of hydrogen-bond donors (Lipinski definition) is 2. The number of aliphatic hydroxyl groups is 1. The van der Waals surface area contributed by atoms with Crippen LogP contribution in [0.5, 0.6) is 0 Å². The molecule has 112 valence electrons. The number of aliphatic hydroxyl groups excluding tert-OH is 1. The highest BCUT2D eigenvalue weighted by molar-refractivity contribution is 5.45. The van der Waals surface area contributed by atoms with E-state index in [1.54, 1.807) is 0 Å². The van der Waals surface area contributed by atoms with Gasteiger partial charge in [0, 0.05) is 12.2 Å². The number of nitrogens with one attached hydrogen (secondary N) is 1. The predicted molar refractivity (Wildman–Crippen MR) is 89.6 cm³/mol. The third-order valence-corrected chi connectivity index (χ3v) is 3.53. The minimum Gasteiger partial charge on any atom is -0.387 e. The Kier molecular flexibility index (Phi) is 5.40. The lowest BCUT2D eigenvalue weighted by molar-refractivity contribution is 0.191. The fourth-order valence-electron chi connectivity index (χ4n) is 2.43. The topological polar surface area (TPSA) is 32.3 Å². The largest absolute Gasteiger partial charge is 0.387 e. The molecule has 1 unspecified atom stereocenters. The first-order valence-electron chi connectivity index (χ1n) is 7.62. The van der Waals surface area contributed by atoms with Crippen LogP contribution in [0, 0.1) is 12.8 Å². The van der Waals surface area contributed by atoms with Gasteiger partial charge in [0.2, 0.25) is 0 Å². The van der Waals surface area contributed by atoms with Crippen LogP contribution in [0.2, 0.25) is 0 Å². The molecule has 0 fully saturated rings. The molecule has 0 aliphatic heterocycles. The first kappa shape index (κ1) is 15.6. The fraction of sp³-hybridized carbons (Fsp3) is 0.368. The van der Waals surface area contributed by atoms with Crippen molar-refractivity contribution in [2.75, 3.05) is 11.9 Å². The van der Waals surface area contributed by atoms with Crippen LogP contribution in [0.1, 0.15) is 36.6 Å². The number of aryl methyl sites for hydroxylation is 1. The quantitative estimate of drug-likeness (QED) is 0.826. The molecule has 0 aromatic heterocycles. The van der Waals surface area contributed by atoms with E-state index in [9.17, 15) is 5.11 Å². The van der Waals surface area contributed by atoms with Crippen LogP contribution in [-0.4, -0.2) is 11.7 Å². The van der Waals surface area contributed by atoms with E-state index < -0.39 is 6.10 Å². The number of benzene rings is 2. The SMILES string of the molecule is Cc1cccc(NCC(O)c2ccc(CC(C)C)cc2)c1. The van der Waals surface area contributed by atoms with E-state index in [-0.39, 0.29) is 0 Å². The lowest BCUT2D eigenvalue weighted by Gasteiger charge is -2.14. The van der Waals surface area contributed by atoms with Crippen molar-refractivity contribution < 1.29 is 5.11 Å². The summed E-state index contributed by atoms with van der Waals surface area (Å²) in [5.74, 6) is 0.656. The third kappa shape index (κ3) is 4.91. The van der Waals surface area contributed by atoms with E-state index in [0.717, 1.165) is 17.7 Å². The second kappa shape index (κ2) is 7.28. The zero-order chi connectivity index (χ0) is 15.2. The summed E-state index contributed by atoms with van der Waals surface area (Å²) < 4.78 is 0. The molecule has 2 heteroatoms. The van der Waals surface area contributed by atoms with Crippen molar-refractivity contribution in [3.05, 3.63) is 65.2 Å². The Balaban J connectivity index is 1.92. The van der Waals surface area contributed by atoms with Gasteiger partial charge in [0.25, 0.3) is 0 Å². The molecule has 21 heavy (non-hydrogen) atoms. The summed E-state index contributed by atoms with van der Waals surface area (Å²) in [4.78, 5) is 0. The van der Waals surface area contributed by atoms with Crippen LogP contribution in [0.15, 0.2) is 48.5 Å². The maximum atomic E-state index is 10.3. The minimum atomic E-state index is -0.487. The second-order valence-corrected chi connectivity index (χ2v) is 6.11. The van der Waals surface area contributed by atoms with Gasteiger partial charge in [0.05, 0.1) is 6.10 Å². The second-order valence-electron chi connectivity index (χ2n) is 6.11. The number of rotatable bonds is 6. The van der Waals surface area contributed by atoms with Crippen molar-refractivity contribution in [1.82, 2.24) is 0 Å². The van der Waals surface area contributed by atoms with Gasteiger partial charge >= 0.3 is 0 Å². The molecule has 0 amide bonds. The van der Waals surface area contributed by atoms with Gasteiger partial charge in [-0.05, 0) is 48.1 Å². The van der Waals surface area contributed by atoms with Crippen molar-refractivity contribution in [2.24, 2.45) is 5.92 Å². The Morgan fingerprint density at radius 3 is 2.38 bits per heavy atom. The molecule has 0 bridgehead atoms. The lowest BCUT2D eigenvalue weighted by Crippen LogP contribution is -2.12. The summed E-state index contributed by atoms with van der Waals surface area (Å²) in [6.45, 7) is 7.02. The molecule has 0 radical (unpaired) electrons. The molecule has 0 spiro atoms. The van der Waals surface area contributed by atoms with E-state index in [4.69, 9.17) is 0 Å². The highest BCUT2D eigenvalue weighted by Crippen LogP contribution is 2.17. The van der Waals surface area contributed by atoms with Crippen molar-refractivity contribution in [1.29, 1.82) is 0 Å². The van der Waals surface area contributed by atoms with Gasteiger partial charge in [-0.15, -0.1) is 0 Å². The highest BCUT2D eigenvalue weighted by Gasteiger charge is 2.07. The molecule has 0 heterocycles. The predicted octanol–water partition coefficient (Wildman–Crippen LogP) is 4.34. The summed E-state index contributed by atoms with van der Waals surface area (Å²) in [6.07, 6.45) is 0.594. The van der Waals surface area contributed by atoms with Gasteiger partial charge in [-0.2, -0.15) is 0 Å². The van der Waals surface area contributed by atoms with Gasteiger partial charge in [-0.1, -0.05) is 50.2 Å². The average molecular weight is 283 g/mol. The Morgan fingerprint density at radius 1 is 1.05 bits per heavy atom. The van der Waals surface area contributed by atoms with Gasteiger partial charge in [0.15, 0.2) is 0 Å². The zero-order valence-electron chi connectivity index (χ0n) is 13.1. The summed E-state index contributed by atoms with van der Waals surface area (Å²) in [5.41, 5.74) is 4.55. The standard InChI is InChI=1S/C19H25NO/c1-14(2)11-16-7-9-17(10-8-16)19(21)13-20-18-6-4-5-15(3)12-18/h4-10,12,14,19-21H,11,13H2,1-3H3. The van der Waals surface area contributed by atoms with Crippen LogP contribution in [-0.2, 0) is 6.42 Å². The van der Waals surface area contributed by atoms with Gasteiger partial charge in [-0.25, -0.2) is 0 Å². The average Bonchev–Trinajstić information content (AvgIpc) is 2.45. The Morgan fingerprint density at radius 2 is 1.76 bits per heavy atom.